The van der Waals surface area contributed by atoms with E-state index in [1.165, 1.54) is 0 Å². The van der Waals surface area contributed by atoms with Gasteiger partial charge in [-0.2, -0.15) is 0 Å². The van der Waals surface area contributed by atoms with Crippen LogP contribution in [0.4, 0.5) is 11.4 Å². The second-order valence-electron chi connectivity index (χ2n) is 1.86. The number of halogens is 2. The molecule has 6 nitrogen and oxygen atoms in total. The van der Waals surface area contributed by atoms with Crippen LogP contribution in [0.1, 0.15) is 0 Å². The number of rotatable bonds is 2. The van der Waals surface area contributed by atoms with Crippen LogP contribution in [-0.2, 0) is 0 Å². The van der Waals surface area contributed by atoms with Crippen LogP contribution in [0.25, 0.3) is 0 Å². The molecule has 1 aromatic rings. The molecule has 0 saturated carbocycles. The lowest BCUT2D eigenvalue weighted by Gasteiger charge is -1.87. The SMILES string of the molecule is O=[N+]([O-])c1c(Cl)sc(Br)c1[N+](=O)[O-]. The van der Waals surface area contributed by atoms with Gasteiger partial charge < -0.3 is 0 Å². The summed E-state index contributed by atoms with van der Waals surface area (Å²) in [5.74, 6) is 0. The molecular formula is C4BrClN2O4S. The Bertz CT molecular complexity index is 357. The third-order valence-corrected chi connectivity index (χ3v) is 3.16. The number of hydrogen-bond donors (Lipinski definition) is 0. The number of thiophene rings is 1. The van der Waals surface area contributed by atoms with E-state index in [4.69, 9.17) is 11.6 Å². The van der Waals surface area contributed by atoms with E-state index in [2.05, 4.69) is 15.9 Å². The summed E-state index contributed by atoms with van der Waals surface area (Å²) in [6.07, 6.45) is 0. The number of nitrogens with zero attached hydrogens (tertiary/aromatic N) is 2. The van der Waals surface area contributed by atoms with E-state index in [0.717, 1.165) is 11.3 Å². The van der Waals surface area contributed by atoms with Gasteiger partial charge in [0.2, 0.25) is 0 Å². The molecule has 0 radical (unpaired) electrons. The minimum atomic E-state index is -0.873. The van der Waals surface area contributed by atoms with Crippen LogP contribution in [-0.4, -0.2) is 9.85 Å². The van der Waals surface area contributed by atoms with Crippen LogP contribution in [0.3, 0.4) is 0 Å². The van der Waals surface area contributed by atoms with Crippen molar-refractivity contribution in [3.63, 3.8) is 0 Å². The second-order valence-corrected chi connectivity index (χ2v) is 4.80. The van der Waals surface area contributed by atoms with E-state index in [-0.39, 0.29) is 8.12 Å². The summed E-state index contributed by atoms with van der Waals surface area (Å²) in [5.41, 5.74) is -1.26. The fraction of sp³-hybridized carbons (Fsp3) is 0. The minimum Gasteiger partial charge on any atom is -0.258 e. The highest BCUT2D eigenvalue weighted by Gasteiger charge is 2.34. The molecule has 0 bridgehead atoms. The number of hydrogen-bond acceptors (Lipinski definition) is 5. The van der Waals surface area contributed by atoms with Crippen LogP contribution in [0, 0.1) is 20.2 Å². The molecule has 9 heteroatoms. The average Bonchev–Trinajstić information content (AvgIpc) is 2.24. The quantitative estimate of drug-likeness (QED) is 0.618. The predicted octanol–water partition coefficient (Wildman–Crippen LogP) is 2.98. The van der Waals surface area contributed by atoms with Crippen molar-refractivity contribution in [3.8, 4) is 0 Å². The van der Waals surface area contributed by atoms with Crippen molar-refractivity contribution in [2.24, 2.45) is 0 Å². The van der Waals surface area contributed by atoms with Crippen molar-refractivity contribution in [1.82, 2.24) is 0 Å². The Kier molecular flexibility index (Phi) is 2.84. The van der Waals surface area contributed by atoms with Crippen LogP contribution >= 0.6 is 38.9 Å². The van der Waals surface area contributed by atoms with E-state index >= 15 is 0 Å². The molecule has 0 fully saturated rings. The normalized spacial score (nSPS) is 10.0. The Morgan fingerprint density at radius 3 is 2.00 bits per heavy atom. The van der Waals surface area contributed by atoms with Crippen molar-refractivity contribution in [2.45, 2.75) is 0 Å². The van der Waals surface area contributed by atoms with Gasteiger partial charge in [0.05, 0.1) is 9.85 Å². The van der Waals surface area contributed by atoms with Gasteiger partial charge in [-0.15, -0.1) is 11.3 Å². The molecule has 0 amide bonds. The van der Waals surface area contributed by atoms with Crippen LogP contribution < -0.4 is 0 Å². The van der Waals surface area contributed by atoms with Gasteiger partial charge in [-0.05, 0) is 15.9 Å². The smallest absolute Gasteiger partial charge is 0.258 e. The van der Waals surface area contributed by atoms with Crippen molar-refractivity contribution in [1.29, 1.82) is 0 Å². The summed E-state index contributed by atoms with van der Waals surface area (Å²) >= 11 is 9.01. The molecule has 1 heterocycles. The molecule has 0 aliphatic rings. The van der Waals surface area contributed by atoms with E-state index < -0.39 is 21.2 Å². The van der Waals surface area contributed by atoms with Gasteiger partial charge in [0.1, 0.15) is 0 Å². The van der Waals surface area contributed by atoms with Gasteiger partial charge in [0.25, 0.3) is 0 Å². The zero-order valence-corrected chi connectivity index (χ0v) is 8.85. The third kappa shape index (κ3) is 1.79. The Morgan fingerprint density at radius 2 is 1.69 bits per heavy atom. The molecule has 0 aliphatic heterocycles. The summed E-state index contributed by atoms with van der Waals surface area (Å²) in [5, 5.41) is 20.7. The van der Waals surface area contributed by atoms with E-state index in [0.29, 0.717) is 0 Å². The van der Waals surface area contributed by atoms with Crippen molar-refractivity contribution in [2.75, 3.05) is 0 Å². The molecule has 0 N–H and O–H groups in total. The largest absolute Gasteiger partial charge is 0.376 e. The van der Waals surface area contributed by atoms with Crippen LogP contribution in [0.15, 0.2) is 3.79 Å². The fourth-order valence-electron chi connectivity index (χ4n) is 0.678. The minimum absolute atomic E-state index is 0.0502. The maximum absolute atomic E-state index is 10.4. The molecule has 13 heavy (non-hydrogen) atoms. The van der Waals surface area contributed by atoms with Crippen molar-refractivity contribution < 1.29 is 9.85 Å². The van der Waals surface area contributed by atoms with Gasteiger partial charge in [-0.3, -0.25) is 20.2 Å². The highest BCUT2D eigenvalue weighted by atomic mass is 79.9. The van der Waals surface area contributed by atoms with Gasteiger partial charge in [0.15, 0.2) is 8.12 Å². The van der Waals surface area contributed by atoms with Crippen molar-refractivity contribution >= 4 is 50.2 Å². The Hall–Kier alpha value is -0.730. The van der Waals surface area contributed by atoms with Gasteiger partial charge in [-0.1, -0.05) is 11.6 Å². The molecule has 0 aromatic carbocycles. The summed E-state index contributed by atoms with van der Waals surface area (Å²) in [6.45, 7) is 0. The van der Waals surface area contributed by atoms with Gasteiger partial charge in [-0.25, -0.2) is 0 Å². The first-order valence-corrected chi connectivity index (χ1v) is 4.70. The first-order chi connectivity index (χ1) is 5.95. The highest BCUT2D eigenvalue weighted by molar-refractivity contribution is 9.11. The maximum atomic E-state index is 10.4. The first-order valence-electron chi connectivity index (χ1n) is 2.71. The molecule has 1 rings (SSSR count). The predicted molar refractivity (Wildman–Crippen MR) is 50.3 cm³/mol. The zero-order chi connectivity index (χ0) is 10.2. The van der Waals surface area contributed by atoms with Gasteiger partial charge in [0, 0.05) is 0 Å². The second kappa shape index (κ2) is 3.56. The molecule has 0 unspecified atom stereocenters. The lowest BCUT2D eigenvalue weighted by molar-refractivity contribution is -0.422. The summed E-state index contributed by atoms with van der Waals surface area (Å²) in [6, 6.07) is 0. The van der Waals surface area contributed by atoms with E-state index in [1.54, 1.807) is 0 Å². The summed E-state index contributed by atoms with van der Waals surface area (Å²) < 4.78 is -0.155. The van der Waals surface area contributed by atoms with Gasteiger partial charge >= 0.3 is 11.4 Å². The van der Waals surface area contributed by atoms with E-state index in [9.17, 15) is 20.2 Å². The summed E-state index contributed by atoms with van der Waals surface area (Å²) in [7, 11) is 0. The Morgan fingerprint density at radius 1 is 1.23 bits per heavy atom. The van der Waals surface area contributed by atoms with Crippen LogP contribution in [0.2, 0.25) is 4.34 Å². The standard InChI is InChI=1S/C4BrClN2O4S/c5-3-1(7(9)10)2(8(11)12)4(6)13-3. The number of nitro groups is 2. The lowest BCUT2D eigenvalue weighted by atomic mass is 10.5. The Labute approximate surface area is 88.5 Å². The fourth-order valence-corrected chi connectivity index (χ4v) is 2.86. The lowest BCUT2D eigenvalue weighted by Crippen LogP contribution is -1.93. The molecular weight excluding hydrogens is 287 g/mol. The average molecular weight is 287 g/mol. The maximum Gasteiger partial charge on any atom is 0.376 e. The molecule has 0 saturated heterocycles. The molecule has 1 aromatic heterocycles. The Balaban J connectivity index is 3.47. The van der Waals surface area contributed by atoms with Crippen molar-refractivity contribution in [3.05, 3.63) is 28.4 Å². The zero-order valence-electron chi connectivity index (χ0n) is 5.69. The molecule has 0 spiro atoms. The molecule has 0 aliphatic carbocycles. The molecule has 0 atom stereocenters. The monoisotopic (exact) mass is 286 g/mol. The first kappa shape index (κ1) is 10.4. The topological polar surface area (TPSA) is 86.3 Å². The molecule has 70 valence electrons. The third-order valence-electron chi connectivity index (χ3n) is 1.14. The summed E-state index contributed by atoms with van der Waals surface area (Å²) in [4.78, 5) is 19.0. The highest BCUT2D eigenvalue weighted by Crippen LogP contribution is 2.47. The van der Waals surface area contributed by atoms with Crippen LogP contribution in [0.5, 0.6) is 0 Å². The van der Waals surface area contributed by atoms with E-state index in [1.807, 2.05) is 0 Å².